The number of ether oxygens (including phenoxy) is 4. The number of esters is 2. The molecule has 18 heteroatoms. The Balaban J connectivity index is 0.000000221. The third-order valence-corrected chi connectivity index (χ3v) is 8.65. The minimum absolute atomic E-state index is 0.144. The second-order valence-electron chi connectivity index (χ2n) is 13.3. The molecule has 0 bridgehead atoms. The van der Waals surface area contributed by atoms with E-state index in [0.29, 0.717) is 59.9 Å². The molecule has 18 nitrogen and oxygen atoms in total. The van der Waals surface area contributed by atoms with Gasteiger partial charge in [0.15, 0.2) is 22.9 Å². The van der Waals surface area contributed by atoms with Gasteiger partial charge in [-0.15, -0.1) is 0 Å². The molecule has 0 saturated carbocycles. The number of nitrogens with two attached hydrogens (primary N) is 2. The maximum atomic E-state index is 12.4. The van der Waals surface area contributed by atoms with E-state index in [-0.39, 0.29) is 60.1 Å². The van der Waals surface area contributed by atoms with Crippen molar-refractivity contribution in [3.8, 4) is 12.0 Å². The number of hydrogen-bond donors (Lipinski definition) is 4. The number of carbonyl (C=O) groups is 2. The third-order valence-electron chi connectivity index (χ3n) is 8.65. The molecule has 0 aliphatic heterocycles. The smallest absolute Gasteiger partial charge is 0.338 e. The van der Waals surface area contributed by atoms with Gasteiger partial charge in [-0.25, -0.2) is 19.2 Å². The van der Waals surface area contributed by atoms with Crippen LogP contribution in [0.2, 0.25) is 0 Å². The van der Waals surface area contributed by atoms with Crippen molar-refractivity contribution in [2.45, 2.75) is 79.3 Å². The average molecular weight is 799 g/mol. The van der Waals surface area contributed by atoms with Crippen molar-refractivity contribution in [3.05, 3.63) is 91.8 Å². The summed E-state index contributed by atoms with van der Waals surface area (Å²) in [6.45, 7) is 10.2. The monoisotopic (exact) mass is 798 g/mol. The van der Waals surface area contributed by atoms with Gasteiger partial charge in [0.1, 0.15) is 11.0 Å². The molecule has 4 heterocycles. The lowest BCUT2D eigenvalue weighted by Crippen LogP contribution is -2.18. The van der Waals surface area contributed by atoms with E-state index >= 15 is 0 Å². The van der Waals surface area contributed by atoms with Crippen LogP contribution in [0.15, 0.2) is 58.1 Å². The highest BCUT2D eigenvalue weighted by Crippen LogP contribution is 2.21. The first-order chi connectivity index (χ1) is 28.1. The highest BCUT2D eigenvalue weighted by Gasteiger charge is 2.17. The van der Waals surface area contributed by atoms with Gasteiger partial charge in [-0.1, -0.05) is 64.8 Å². The molecule has 58 heavy (non-hydrogen) atoms. The van der Waals surface area contributed by atoms with Gasteiger partial charge in [0.05, 0.1) is 50.6 Å². The molecule has 0 amide bonds. The Morgan fingerprint density at radius 1 is 0.569 bits per heavy atom. The Kier molecular flexibility index (Phi) is 15.0. The van der Waals surface area contributed by atoms with Crippen LogP contribution in [0.1, 0.15) is 98.1 Å². The van der Waals surface area contributed by atoms with Gasteiger partial charge >= 0.3 is 35.3 Å². The molecule has 6 N–H and O–H groups in total. The number of unbranched alkanes of at least 4 members (excludes halogenated alkanes) is 2. The molecule has 308 valence electrons. The van der Waals surface area contributed by atoms with E-state index < -0.39 is 0 Å². The zero-order chi connectivity index (χ0) is 41.6. The van der Waals surface area contributed by atoms with E-state index in [1.54, 1.807) is 48.5 Å². The van der Waals surface area contributed by atoms with Crippen molar-refractivity contribution in [2.24, 2.45) is 0 Å². The van der Waals surface area contributed by atoms with Crippen LogP contribution < -0.4 is 32.3 Å². The van der Waals surface area contributed by atoms with Crippen molar-refractivity contribution < 1.29 is 28.5 Å². The molecule has 0 saturated heterocycles. The van der Waals surface area contributed by atoms with Gasteiger partial charge in [-0.3, -0.25) is 9.13 Å². The molecular weight excluding hydrogens is 749 g/mol. The fourth-order valence-corrected chi connectivity index (χ4v) is 5.51. The fourth-order valence-electron chi connectivity index (χ4n) is 5.51. The van der Waals surface area contributed by atoms with E-state index in [2.05, 4.69) is 43.8 Å². The predicted octanol–water partition coefficient (Wildman–Crippen LogP) is 4.99. The molecule has 0 fully saturated rings. The second-order valence-corrected chi connectivity index (χ2v) is 13.3. The van der Waals surface area contributed by atoms with Crippen LogP contribution in [0.3, 0.4) is 0 Å². The van der Waals surface area contributed by atoms with Gasteiger partial charge in [0.25, 0.3) is 0 Å². The molecular formula is C40H50N10O8. The number of hydrogen-bond acceptors (Lipinski definition) is 14. The van der Waals surface area contributed by atoms with E-state index in [0.717, 1.165) is 49.7 Å². The zero-order valence-electron chi connectivity index (χ0n) is 33.2. The van der Waals surface area contributed by atoms with E-state index in [4.69, 9.17) is 30.4 Å². The van der Waals surface area contributed by atoms with Gasteiger partial charge in [0, 0.05) is 0 Å². The number of H-pyrrole nitrogens is 2. The minimum atomic E-state index is -0.364. The standard InChI is InChI=1S/2C20H25N5O4/c2*1-3-5-11-29-19-23-16(21)15-17(24-19)25(20(27)22-15)12-13-6-8-14(9-7-13)18(26)28-10-4-2/h2*6-9H,3-5,10-12H2,1-2H3,(H,22,27)(H2,21,23,24). The summed E-state index contributed by atoms with van der Waals surface area (Å²) in [6, 6.07) is 14.1. The van der Waals surface area contributed by atoms with Crippen LogP contribution in [0, 0.1) is 0 Å². The summed E-state index contributed by atoms with van der Waals surface area (Å²) in [5.74, 6) is -0.410. The number of nitrogens with one attached hydrogen (secondary N) is 2. The second kappa shape index (κ2) is 20.4. The maximum absolute atomic E-state index is 12.4. The summed E-state index contributed by atoms with van der Waals surface area (Å²) < 4.78 is 24.3. The van der Waals surface area contributed by atoms with Crippen molar-refractivity contribution in [2.75, 3.05) is 37.9 Å². The van der Waals surface area contributed by atoms with Crippen LogP contribution in [-0.4, -0.2) is 77.4 Å². The number of aromatic nitrogens is 8. The lowest BCUT2D eigenvalue weighted by molar-refractivity contribution is 0.0496. The summed E-state index contributed by atoms with van der Waals surface area (Å²) in [5.41, 5.74) is 15.3. The lowest BCUT2D eigenvalue weighted by atomic mass is 10.1. The number of carbonyl (C=O) groups excluding carboxylic acids is 2. The number of aromatic amines is 2. The molecule has 4 aromatic heterocycles. The number of imidazole rings is 2. The van der Waals surface area contributed by atoms with Gasteiger partial charge < -0.3 is 40.4 Å². The number of nitrogens with zero attached hydrogens (tertiary/aromatic N) is 6. The molecule has 6 rings (SSSR count). The number of rotatable bonds is 18. The normalized spacial score (nSPS) is 11.0. The molecule has 2 aromatic carbocycles. The summed E-state index contributed by atoms with van der Waals surface area (Å²) in [5, 5.41) is 0. The Morgan fingerprint density at radius 2 is 0.948 bits per heavy atom. The highest BCUT2D eigenvalue weighted by atomic mass is 16.5. The SMILES string of the molecule is CCCCOc1nc(N)c2[nH]c(=O)n(Cc3ccc(C(=O)OCCC)cc3)c2n1.CCCCOc1nc(N)c2[nH]c(=O)n(Cc3ccc(C(=O)OCCC)cc3)c2n1. The van der Waals surface area contributed by atoms with Crippen LogP contribution >= 0.6 is 0 Å². The Morgan fingerprint density at radius 3 is 1.29 bits per heavy atom. The van der Waals surface area contributed by atoms with Crippen LogP contribution in [-0.2, 0) is 22.6 Å². The van der Waals surface area contributed by atoms with E-state index in [1.165, 1.54) is 9.13 Å². The van der Waals surface area contributed by atoms with Gasteiger partial charge in [-0.05, 0) is 61.1 Å². The topological polar surface area (TPSA) is 250 Å². The van der Waals surface area contributed by atoms with Gasteiger partial charge in [0.2, 0.25) is 0 Å². The summed E-state index contributed by atoms with van der Waals surface area (Å²) in [6.07, 6.45) is 5.23. The van der Waals surface area contributed by atoms with E-state index in [1.807, 2.05) is 13.8 Å². The van der Waals surface area contributed by atoms with Crippen LogP contribution in [0.25, 0.3) is 22.3 Å². The molecule has 0 atom stereocenters. The summed E-state index contributed by atoms with van der Waals surface area (Å²) in [4.78, 5) is 71.0. The molecule has 0 unspecified atom stereocenters. The first-order valence-corrected chi connectivity index (χ1v) is 19.4. The minimum Gasteiger partial charge on any atom is -0.463 e. The molecule has 0 aliphatic carbocycles. The number of benzene rings is 2. The number of fused-ring (bicyclic) bond motifs is 2. The average Bonchev–Trinajstić information content (AvgIpc) is 3.71. The first kappa shape index (κ1) is 42.4. The third kappa shape index (κ3) is 10.8. The Bertz CT molecular complexity index is 2250. The number of nitrogen functional groups attached to an aromatic ring is 2. The Hall–Kier alpha value is -6.72. The van der Waals surface area contributed by atoms with Crippen LogP contribution in [0.4, 0.5) is 11.6 Å². The fraction of sp³-hybridized carbons (Fsp3) is 0.400. The molecule has 0 radical (unpaired) electrons. The van der Waals surface area contributed by atoms with Crippen LogP contribution in [0.5, 0.6) is 12.0 Å². The summed E-state index contributed by atoms with van der Waals surface area (Å²) in [7, 11) is 0. The molecule has 6 aromatic rings. The largest absolute Gasteiger partial charge is 0.463 e. The predicted molar refractivity (Wildman–Crippen MR) is 218 cm³/mol. The van der Waals surface area contributed by atoms with Gasteiger partial charge in [-0.2, -0.15) is 19.9 Å². The van der Waals surface area contributed by atoms with Crippen molar-refractivity contribution in [3.63, 3.8) is 0 Å². The molecule has 0 spiro atoms. The zero-order valence-corrected chi connectivity index (χ0v) is 33.2. The number of anilines is 2. The Labute approximate surface area is 333 Å². The quantitative estimate of drug-likeness (QED) is 0.0661. The highest BCUT2D eigenvalue weighted by molar-refractivity contribution is 5.90. The first-order valence-electron chi connectivity index (χ1n) is 19.4. The van der Waals surface area contributed by atoms with Crippen molar-refractivity contribution in [1.82, 2.24) is 39.0 Å². The maximum Gasteiger partial charge on any atom is 0.338 e. The van der Waals surface area contributed by atoms with Crippen molar-refractivity contribution >= 4 is 45.9 Å². The molecule has 0 aliphatic rings. The van der Waals surface area contributed by atoms with E-state index in [9.17, 15) is 19.2 Å². The lowest BCUT2D eigenvalue weighted by Gasteiger charge is -2.07. The van der Waals surface area contributed by atoms with Crippen molar-refractivity contribution in [1.29, 1.82) is 0 Å². The summed E-state index contributed by atoms with van der Waals surface area (Å²) >= 11 is 0.